The molecule has 0 fully saturated rings. The van der Waals surface area contributed by atoms with E-state index in [0.717, 1.165) is 23.3 Å². The number of aromatic amines is 1. The van der Waals surface area contributed by atoms with E-state index in [0.29, 0.717) is 24.7 Å². The number of hydrogen-bond acceptors (Lipinski definition) is 6. The standard InChI is InChI=1S/C14H16N6O/c1-2-5-21-11-4-3-10(6-15-11)7-16-13-12-14(18-8-17-12)20-9-19-13/h3-4,6,8-9H,2,5,7H2,1H3,(H2,16,17,18,19,20). The topological polar surface area (TPSA) is 88.6 Å². The van der Waals surface area contributed by atoms with Gasteiger partial charge in [-0.15, -0.1) is 0 Å². The average molecular weight is 284 g/mol. The van der Waals surface area contributed by atoms with Crippen LogP contribution >= 0.6 is 0 Å². The van der Waals surface area contributed by atoms with Gasteiger partial charge in [0.25, 0.3) is 0 Å². The molecule has 0 amide bonds. The monoisotopic (exact) mass is 284 g/mol. The SMILES string of the molecule is CCCOc1ccc(CNc2ncnc3nc[nH]c23)cn1. The van der Waals surface area contributed by atoms with E-state index < -0.39 is 0 Å². The second-order valence-corrected chi connectivity index (χ2v) is 4.53. The molecule has 21 heavy (non-hydrogen) atoms. The summed E-state index contributed by atoms with van der Waals surface area (Å²) in [5.74, 6) is 1.38. The van der Waals surface area contributed by atoms with Gasteiger partial charge in [0.05, 0.1) is 12.9 Å². The number of nitrogens with one attached hydrogen (secondary N) is 2. The van der Waals surface area contributed by atoms with Crippen molar-refractivity contribution in [2.45, 2.75) is 19.9 Å². The van der Waals surface area contributed by atoms with Crippen LogP contribution in [0.2, 0.25) is 0 Å². The van der Waals surface area contributed by atoms with Crippen molar-refractivity contribution in [2.24, 2.45) is 0 Å². The molecule has 0 atom stereocenters. The summed E-state index contributed by atoms with van der Waals surface area (Å²) in [5, 5.41) is 3.25. The normalized spacial score (nSPS) is 10.7. The summed E-state index contributed by atoms with van der Waals surface area (Å²) in [4.78, 5) is 19.7. The molecule has 3 heterocycles. The Bertz CT molecular complexity index is 709. The molecule has 0 aliphatic carbocycles. The molecule has 0 radical (unpaired) electrons. The van der Waals surface area contributed by atoms with Gasteiger partial charge in [-0.25, -0.2) is 19.9 Å². The first-order chi connectivity index (χ1) is 10.4. The molecule has 3 aromatic rings. The molecule has 0 aliphatic rings. The van der Waals surface area contributed by atoms with Crippen LogP contribution in [0.4, 0.5) is 5.82 Å². The van der Waals surface area contributed by atoms with Crippen LogP contribution in [0.15, 0.2) is 31.0 Å². The quantitative estimate of drug-likeness (QED) is 0.721. The number of rotatable bonds is 6. The summed E-state index contributed by atoms with van der Waals surface area (Å²) in [6.45, 7) is 3.37. The van der Waals surface area contributed by atoms with Crippen LogP contribution in [-0.2, 0) is 6.54 Å². The van der Waals surface area contributed by atoms with Crippen molar-refractivity contribution in [1.29, 1.82) is 0 Å². The molecule has 0 aliphatic heterocycles. The molecule has 3 rings (SSSR count). The fourth-order valence-corrected chi connectivity index (χ4v) is 1.89. The molecule has 0 aromatic carbocycles. The lowest BCUT2D eigenvalue weighted by Crippen LogP contribution is -2.03. The number of imidazole rings is 1. The Morgan fingerprint density at radius 2 is 2.14 bits per heavy atom. The summed E-state index contributed by atoms with van der Waals surface area (Å²) in [5.41, 5.74) is 2.49. The van der Waals surface area contributed by atoms with Crippen molar-refractivity contribution in [3.63, 3.8) is 0 Å². The van der Waals surface area contributed by atoms with Gasteiger partial charge in [0.2, 0.25) is 5.88 Å². The van der Waals surface area contributed by atoms with Crippen LogP contribution in [0.1, 0.15) is 18.9 Å². The zero-order valence-corrected chi connectivity index (χ0v) is 11.7. The summed E-state index contributed by atoms with van der Waals surface area (Å²) in [6, 6.07) is 3.86. The lowest BCUT2D eigenvalue weighted by atomic mass is 10.3. The number of hydrogen-bond donors (Lipinski definition) is 2. The maximum atomic E-state index is 5.45. The van der Waals surface area contributed by atoms with Crippen LogP contribution in [0.3, 0.4) is 0 Å². The number of nitrogens with zero attached hydrogens (tertiary/aromatic N) is 4. The Morgan fingerprint density at radius 1 is 1.19 bits per heavy atom. The van der Waals surface area contributed by atoms with Gasteiger partial charge in [0.1, 0.15) is 11.8 Å². The Balaban J connectivity index is 1.66. The van der Waals surface area contributed by atoms with Crippen molar-refractivity contribution in [2.75, 3.05) is 11.9 Å². The molecule has 0 spiro atoms. The largest absolute Gasteiger partial charge is 0.478 e. The predicted molar refractivity (Wildman–Crippen MR) is 79.0 cm³/mol. The first-order valence-electron chi connectivity index (χ1n) is 6.82. The molecule has 0 bridgehead atoms. The minimum atomic E-state index is 0.617. The highest BCUT2D eigenvalue weighted by molar-refractivity contribution is 5.81. The Labute approximate surface area is 121 Å². The van der Waals surface area contributed by atoms with Crippen molar-refractivity contribution in [3.05, 3.63) is 36.5 Å². The molecule has 108 valence electrons. The van der Waals surface area contributed by atoms with E-state index in [-0.39, 0.29) is 0 Å². The van der Waals surface area contributed by atoms with Crippen LogP contribution in [0.5, 0.6) is 5.88 Å². The van der Waals surface area contributed by atoms with Gasteiger partial charge in [0.15, 0.2) is 11.5 Å². The van der Waals surface area contributed by atoms with Crippen LogP contribution in [-0.4, -0.2) is 31.5 Å². The summed E-state index contributed by atoms with van der Waals surface area (Å²) in [7, 11) is 0. The first-order valence-corrected chi connectivity index (χ1v) is 6.82. The number of aromatic nitrogens is 5. The smallest absolute Gasteiger partial charge is 0.213 e. The van der Waals surface area contributed by atoms with E-state index in [4.69, 9.17) is 4.74 Å². The highest BCUT2D eigenvalue weighted by Crippen LogP contribution is 2.16. The van der Waals surface area contributed by atoms with E-state index in [1.807, 2.05) is 12.1 Å². The zero-order chi connectivity index (χ0) is 14.5. The summed E-state index contributed by atoms with van der Waals surface area (Å²) >= 11 is 0. The number of anilines is 1. The number of fused-ring (bicyclic) bond motifs is 1. The third kappa shape index (κ3) is 3.07. The van der Waals surface area contributed by atoms with E-state index in [1.54, 1.807) is 12.5 Å². The lowest BCUT2D eigenvalue weighted by molar-refractivity contribution is 0.305. The van der Waals surface area contributed by atoms with Crippen molar-refractivity contribution in [3.8, 4) is 5.88 Å². The summed E-state index contributed by atoms with van der Waals surface area (Å²) in [6.07, 6.45) is 5.86. The Kier molecular flexibility index (Phi) is 3.90. The molecule has 7 nitrogen and oxygen atoms in total. The molecule has 3 aromatic heterocycles. The van der Waals surface area contributed by atoms with Crippen LogP contribution in [0, 0.1) is 0 Å². The Hall–Kier alpha value is -2.70. The van der Waals surface area contributed by atoms with E-state index in [9.17, 15) is 0 Å². The fourth-order valence-electron chi connectivity index (χ4n) is 1.89. The minimum Gasteiger partial charge on any atom is -0.478 e. The van der Waals surface area contributed by atoms with Gasteiger partial charge < -0.3 is 15.0 Å². The average Bonchev–Trinajstić information content (AvgIpc) is 3.01. The first kappa shape index (κ1) is 13.3. The number of H-pyrrole nitrogens is 1. The van der Waals surface area contributed by atoms with Crippen molar-refractivity contribution >= 4 is 17.0 Å². The molecule has 0 saturated carbocycles. The molecular formula is C14H16N6O. The van der Waals surface area contributed by atoms with E-state index >= 15 is 0 Å². The highest BCUT2D eigenvalue weighted by Gasteiger charge is 2.05. The molecule has 0 unspecified atom stereocenters. The zero-order valence-electron chi connectivity index (χ0n) is 11.7. The third-order valence-corrected chi connectivity index (χ3v) is 2.93. The van der Waals surface area contributed by atoms with Crippen molar-refractivity contribution < 1.29 is 4.74 Å². The molecule has 7 heteroatoms. The van der Waals surface area contributed by atoms with Gasteiger partial charge >= 0.3 is 0 Å². The van der Waals surface area contributed by atoms with Gasteiger partial charge in [-0.3, -0.25) is 0 Å². The van der Waals surface area contributed by atoms with Gasteiger partial charge in [-0.2, -0.15) is 0 Å². The lowest BCUT2D eigenvalue weighted by Gasteiger charge is -2.07. The molecule has 0 saturated heterocycles. The van der Waals surface area contributed by atoms with Gasteiger partial charge in [-0.05, 0) is 12.0 Å². The summed E-state index contributed by atoms with van der Waals surface area (Å²) < 4.78 is 5.45. The fraction of sp³-hybridized carbons (Fsp3) is 0.286. The predicted octanol–water partition coefficient (Wildman–Crippen LogP) is 2.15. The number of ether oxygens (including phenoxy) is 1. The van der Waals surface area contributed by atoms with Crippen molar-refractivity contribution in [1.82, 2.24) is 24.9 Å². The van der Waals surface area contributed by atoms with Gasteiger partial charge in [0, 0.05) is 18.8 Å². The maximum Gasteiger partial charge on any atom is 0.213 e. The van der Waals surface area contributed by atoms with Gasteiger partial charge in [-0.1, -0.05) is 13.0 Å². The third-order valence-electron chi connectivity index (χ3n) is 2.93. The Morgan fingerprint density at radius 3 is 2.95 bits per heavy atom. The minimum absolute atomic E-state index is 0.617. The second-order valence-electron chi connectivity index (χ2n) is 4.53. The van der Waals surface area contributed by atoms with E-state index in [2.05, 4.69) is 37.2 Å². The molecule has 2 N–H and O–H groups in total. The number of pyridine rings is 1. The van der Waals surface area contributed by atoms with Crippen LogP contribution < -0.4 is 10.1 Å². The second kappa shape index (κ2) is 6.17. The van der Waals surface area contributed by atoms with E-state index in [1.165, 1.54) is 6.33 Å². The molecular weight excluding hydrogens is 268 g/mol. The van der Waals surface area contributed by atoms with Crippen LogP contribution in [0.25, 0.3) is 11.2 Å². The highest BCUT2D eigenvalue weighted by atomic mass is 16.5. The maximum absolute atomic E-state index is 5.45.